The second-order valence-electron chi connectivity index (χ2n) is 7.66. The molecule has 0 radical (unpaired) electrons. The van der Waals surface area contributed by atoms with Gasteiger partial charge in [0.15, 0.2) is 0 Å². The van der Waals surface area contributed by atoms with Crippen molar-refractivity contribution in [3.8, 4) is 0 Å². The maximum atomic E-state index is 13.0. The zero-order chi connectivity index (χ0) is 21.1. The van der Waals surface area contributed by atoms with Gasteiger partial charge in [0.1, 0.15) is 0 Å². The van der Waals surface area contributed by atoms with Crippen LogP contribution in [0.3, 0.4) is 0 Å². The molecule has 4 rings (SSSR count). The number of amides is 1. The van der Waals surface area contributed by atoms with Crippen molar-refractivity contribution in [1.82, 2.24) is 4.98 Å². The fraction of sp³-hybridized carbons (Fsp3) is 0.192. The molecule has 0 aliphatic rings. The molecule has 1 amide bonds. The molecule has 3 aromatic carbocycles. The van der Waals surface area contributed by atoms with Crippen LogP contribution in [0.25, 0.3) is 10.9 Å². The first-order valence-electron chi connectivity index (χ1n) is 10.3. The average molecular weight is 417 g/mol. The number of fused-ring (bicyclic) bond motifs is 1. The highest BCUT2D eigenvalue weighted by Gasteiger charge is 2.22. The first kappa shape index (κ1) is 20.2. The van der Waals surface area contributed by atoms with Gasteiger partial charge in [-0.15, -0.1) is 0 Å². The zero-order valence-corrected chi connectivity index (χ0v) is 18.0. The van der Waals surface area contributed by atoms with Crippen molar-refractivity contribution >= 4 is 34.1 Å². The van der Waals surface area contributed by atoms with Gasteiger partial charge in [0, 0.05) is 40.1 Å². The van der Waals surface area contributed by atoms with Gasteiger partial charge in [0.05, 0.1) is 0 Å². The number of carbonyl (C=O) groups excluding carboxylic acids is 1. The molecule has 0 aliphatic heterocycles. The van der Waals surface area contributed by atoms with Crippen molar-refractivity contribution in [3.05, 3.63) is 100 Å². The Labute approximate surface area is 182 Å². The predicted molar refractivity (Wildman–Crippen MR) is 125 cm³/mol. The van der Waals surface area contributed by atoms with E-state index < -0.39 is 0 Å². The molecule has 1 unspecified atom stereocenters. The van der Waals surface area contributed by atoms with E-state index >= 15 is 0 Å². The number of para-hydroxylation sites is 1. The summed E-state index contributed by atoms with van der Waals surface area (Å²) < 4.78 is 0. The van der Waals surface area contributed by atoms with Gasteiger partial charge < -0.3 is 10.3 Å². The fourth-order valence-corrected chi connectivity index (χ4v) is 4.08. The van der Waals surface area contributed by atoms with Crippen LogP contribution in [-0.2, 0) is 11.2 Å². The smallest absolute Gasteiger partial charge is 0.225 e. The molecular weight excluding hydrogens is 392 g/mol. The van der Waals surface area contributed by atoms with Crippen LogP contribution in [0.1, 0.15) is 41.5 Å². The summed E-state index contributed by atoms with van der Waals surface area (Å²) in [6.45, 7) is 4.19. The van der Waals surface area contributed by atoms with Crippen molar-refractivity contribution in [2.45, 2.75) is 32.6 Å². The van der Waals surface area contributed by atoms with Crippen LogP contribution >= 0.6 is 11.6 Å². The normalized spacial score (nSPS) is 12.1. The quantitative estimate of drug-likeness (QED) is 0.354. The number of aromatic amines is 1. The minimum atomic E-state index is -0.0754. The Balaban J connectivity index is 1.69. The Hall–Kier alpha value is -3.04. The highest BCUT2D eigenvalue weighted by Crippen LogP contribution is 2.35. The number of hydrogen-bond acceptors (Lipinski definition) is 1. The molecule has 0 aliphatic carbocycles. The highest BCUT2D eigenvalue weighted by molar-refractivity contribution is 6.30. The lowest BCUT2D eigenvalue weighted by molar-refractivity contribution is -0.116. The number of rotatable bonds is 6. The largest absolute Gasteiger partial charge is 0.361 e. The third-order valence-electron chi connectivity index (χ3n) is 5.59. The monoisotopic (exact) mass is 416 g/mol. The number of halogens is 1. The Morgan fingerprint density at radius 1 is 1.03 bits per heavy atom. The van der Waals surface area contributed by atoms with E-state index in [-0.39, 0.29) is 11.8 Å². The molecule has 1 heterocycles. The fourth-order valence-electron chi connectivity index (χ4n) is 3.96. The van der Waals surface area contributed by atoms with Crippen LogP contribution < -0.4 is 5.32 Å². The van der Waals surface area contributed by atoms with Crippen LogP contribution in [-0.4, -0.2) is 10.9 Å². The predicted octanol–water partition coefficient (Wildman–Crippen LogP) is 6.85. The number of hydrogen-bond donors (Lipinski definition) is 2. The summed E-state index contributed by atoms with van der Waals surface area (Å²) >= 11 is 6.12. The molecule has 152 valence electrons. The van der Waals surface area contributed by atoms with Gasteiger partial charge >= 0.3 is 0 Å². The molecule has 30 heavy (non-hydrogen) atoms. The van der Waals surface area contributed by atoms with Crippen LogP contribution in [0, 0.1) is 6.92 Å². The topological polar surface area (TPSA) is 44.9 Å². The van der Waals surface area contributed by atoms with Gasteiger partial charge in [-0.3, -0.25) is 4.79 Å². The van der Waals surface area contributed by atoms with E-state index in [0.29, 0.717) is 11.4 Å². The molecule has 1 aromatic heterocycles. The molecule has 3 nitrogen and oxygen atoms in total. The zero-order valence-electron chi connectivity index (χ0n) is 17.2. The lowest BCUT2D eigenvalue weighted by Gasteiger charge is -2.18. The van der Waals surface area contributed by atoms with Gasteiger partial charge in [-0.2, -0.15) is 0 Å². The van der Waals surface area contributed by atoms with E-state index in [2.05, 4.69) is 35.4 Å². The lowest BCUT2D eigenvalue weighted by Crippen LogP contribution is -2.16. The number of H-pyrrole nitrogens is 1. The van der Waals surface area contributed by atoms with Gasteiger partial charge in [-0.05, 0) is 54.3 Å². The van der Waals surface area contributed by atoms with E-state index in [0.717, 1.165) is 39.7 Å². The van der Waals surface area contributed by atoms with Crippen molar-refractivity contribution in [1.29, 1.82) is 0 Å². The maximum Gasteiger partial charge on any atom is 0.225 e. The Bertz CT molecular complexity index is 1160. The Morgan fingerprint density at radius 3 is 2.47 bits per heavy atom. The van der Waals surface area contributed by atoms with E-state index in [1.807, 2.05) is 61.7 Å². The van der Waals surface area contributed by atoms with Crippen LogP contribution in [0.15, 0.2) is 72.9 Å². The van der Waals surface area contributed by atoms with Gasteiger partial charge in [0.25, 0.3) is 0 Å². The van der Waals surface area contributed by atoms with Gasteiger partial charge in [0.2, 0.25) is 5.91 Å². The highest BCUT2D eigenvalue weighted by atomic mass is 35.5. The molecular formula is C26H25ClN2O. The SMILES string of the molecule is CCc1cccc2c(C(CC(=O)Nc3ccc(C)cc3)c3ccc(Cl)cc3)c[nH]c12. The van der Waals surface area contributed by atoms with E-state index in [1.165, 1.54) is 5.56 Å². The van der Waals surface area contributed by atoms with E-state index in [4.69, 9.17) is 11.6 Å². The summed E-state index contributed by atoms with van der Waals surface area (Å²) in [6.07, 6.45) is 3.35. The summed E-state index contributed by atoms with van der Waals surface area (Å²) in [4.78, 5) is 16.4. The van der Waals surface area contributed by atoms with Gasteiger partial charge in [-0.25, -0.2) is 0 Å². The Morgan fingerprint density at radius 2 is 1.77 bits per heavy atom. The van der Waals surface area contributed by atoms with Crippen LogP contribution in [0.2, 0.25) is 5.02 Å². The molecule has 0 fully saturated rings. The number of nitrogens with one attached hydrogen (secondary N) is 2. The third kappa shape index (κ3) is 4.27. The summed E-state index contributed by atoms with van der Waals surface area (Å²) in [5.41, 5.74) is 6.60. The first-order valence-corrected chi connectivity index (χ1v) is 10.6. The molecule has 2 N–H and O–H groups in total. The molecule has 1 atom stereocenters. The number of benzene rings is 3. The van der Waals surface area contributed by atoms with Crippen molar-refractivity contribution < 1.29 is 4.79 Å². The molecule has 0 saturated heterocycles. The second-order valence-corrected chi connectivity index (χ2v) is 8.10. The molecule has 0 bridgehead atoms. The Kier molecular flexibility index (Phi) is 5.91. The number of carbonyl (C=O) groups is 1. The summed E-state index contributed by atoms with van der Waals surface area (Å²) in [5.74, 6) is -0.0895. The van der Waals surface area contributed by atoms with Crippen molar-refractivity contribution in [2.75, 3.05) is 5.32 Å². The minimum Gasteiger partial charge on any atom is -0.361 e. The molecule has 4 aromatic rings. The lowest BCUT2D eigenvalue weighted by atomic mass is 9.87. The van der Waals surface area contributed by atoms with Crippen LogP contribution in [0.5, 0.6) is 0 Å². The van der Waals surface area contributed by atoms with Crippen molar-refractivity contribution in [2.24, 2.45) is 0 Å². The first-order chi connectivity index (χ1) is 14.5. The van der Waals surface area contributed by atoms with Crippen molar-refractivity contribution in [3.63, 3.8) is 0 Å². The number of aryl methyl sites for hydroxylation is 2. The molecule has 4 heteroatoms. The van der Waals surface area contributed by atoms with Gasteiger partial charge in [-0.1, -0.05) is 66.6 Å². The standard InChI is InChI=1S/C26H25ClN2O/c1-3-18-5-4-6-22-24(16-28-26(18)22)23(19-9-11-20(27)12-10-19)15-25(30)29-21-13-7-17(2)8-14-21/h4-14,16,23,28H,3,15H2,1-2H3,(H,29,30). The summed E-state index contributed by atoms with van der Waals surface area (Å²) in [7, 11) is 0. The van der Waals surface area contributed by atoms with E-state index in [9.17, 15) is 4.79 Å². The maximum absolute atomic E-state index is 13.0. The molecule has 0 saturated carbocycles. The van der Waals surface area contributed by atoms with Crippen LogP contribution in [0.4, 0.5) is 5.69 Å². The number of anilines is 1. The summed E-state index contributed by atoms with van der Waals surface area (Å²) in [6, 6.07) is 22.0. The average Bonchev–Trinajstić information content (AvgIpc) is 3.18. The summed E-state index contributed by atoms with van der Waals surface area (Å²) in [5, 5.41) is 4.89. The third-order valence-corrected chi connectivity index (χ3v) is 5.84. The van der Waals surface area contributed by atoms with E-state index in [1.54, 1.807) is 0 Å². The minimum absolute atomic E-state index is 0.0141. The number of aromatic nitrogens is 1. The second kappa shape index (κ2) is 8.76. The molecule has 0 spiro atoms.